The number of ether oxygens (including phenoxy) is 1. The maximum absolute atomic E-state index is 12.7. The van der Waals surface area contributed by atoms with E-state index in [1.807, 2.05) is 45.4 Å². The number of hydrogen-bond donors (Lipinski definition) is 0. The van der Waals surface area contributed by atoms with Crippen LogP contribution in [-0.4, -0.2) is 80.6 Å². The van der Waals surface area contributed by atoms with Crippen LogP contribution in [0.5, 0.6) is 5.75 Å². The Labute approximate surface area is 176 Å². The lowest BCUT2D eigenvalue weighted by Crippen LogP contribution is -2.40. The highest BCUT2D eigenvalue weighted by atomic mass is 16.5. The molecule has 160 valence electrons. The summed E-state index contributed by atoms with van der Waals surface area (Å²) >= 11 is 0. The summed E-state index contributed by atoms with van der Waals surface area (Å²) in [5.74, 6) is 1.69. The fourth-order valence-electron chi connectivity index (χ4n) is 4.16. The van der Waals surface area contributed by atoms with E-state index < -0.39 is 0 Å². The average molecular weight is 400 g/mol. The fourth-order valence-corrected chi connectivity index (χ4v) is 4.16. The third-order valence-electron chi connectivity index (χ3n) is 6.04. The Morgan fingerprint density at radius 2 is 1.90 bits per heavy atom. The van der Waals surface area contributed by atoms with Gasteiger partial charge in [-0.05, 0) is 70.3 Å². The van der Waals surface area contributed by atoms with Crippen molar-refractivity contribution in [1.29, 1.82) is 0 Å². The number of benzene rings is 1. The molecule has 5 nitrogen and oxygen atoms in total. The van der Waals surface area contributed by atoms with E-state index in [9.17, 15) is 4.79 Å². The average Bonchev–Trinajstić information content (AvgIpc) is 2.74. The predicted molar refractivity (Wildman–Crippen MR) is 119 cm³/mol. The first-order chi connectivity index (χ1) is 14.0. The Morgan fingerprint density at radius 3 is 2.59 bits per heavy atom. The number of amides is 1. The first-order valence-corrected chi connectivity index (χ1v) is 11.1. The Morgan fingerprint density at radius 1 is 1.10 bits per heavy atom. The van der Waals surface area contributed by atoms with Crippen molar-refractivity contribution in [3.05, 3.63) is 42.0 Å². The molecule has 3 rings (SSSR count). The summed E-state index contributed by atoms with van der Waals surface area (Å²) < 4.78 is 6.25. The van der Waals surface area contributed by atoms with E-state index >= 15 is 0 Å². The van der Waals surface area contributed by atoms with Crippen LogP contribution in [0.25, 0.3) is 0 Å². The number of hydrogen-bond acceptors (Lipinski definition) is 4. The van der Waals surface area contributed by atoms with E-state index in [-0.39, 0.29) is 12.0 Å². The van der Waals surface area contributed by atoms with Crippen molar-refractivity contribution in [2.75, 3.05) is 53.9 Å². The number of piperidine rings is 1. The highest BCUT2D eigenvalue weighted by molar-refractivity contribution is 5.94. The smallest absolute Gasteiger partial charge is 0.253 e. The molecule has 0 aromatic heterocycles. The van der Waals surface area contributed by atoms with Gasteiger partial charge in [0.25, 0.3) is 5.91 Å². The molecule has 0 N–H and O–H groups in total. The van der Waals surface area contributed by atoms with Crippen LogP contribution in [0.3, 0.4) is 0 Å². The maximum Gasteiger partial charge on any atom is 0.253 e. The lowest BCUT2D eigenvalue weighted by molar-refractivity contribution is 0.0781. The topological polar surface area (TPSA) is 36.0 Å². The minimum absolute atomic E-state index is 0.0497. The van der Waals surface area contributed by atoms with Gasteiger partial charge in [-0.1, -0.05) is 18.2 Å². The number of nitrogens with zero attached hydrogens (tertiary/aromatic N) is 3. The number of likely N-dealkylation sites (tertiary alicyclic amines) is 1. The normalized spacial score (nSPS) is 20.8. The van der Waals surface area contributed by atoms with Gasteiger partial charge in [0.15, 0.2) is 0 Å². The summed E-state index contributed by atoms with van der Waals surface area (Å²) in [5.41, 5.74) is 0.701. The number of likely N-dealkylation sites (N-methyl/N-ethyl adjacent to an activating group) is 2. The minimum Gasteiger partial charge on any atom is -0.490 e. The van der Waals surface area contributed by atoms with Crippen molar-refractivity contribution in [2.24, 2.45) is 5.92 Å². The molecule has 1 fully saturated rings. The monoisotopic (exact) mass is 399 g/mol. The van der Waals surface area contributed by atoms with Gasteiger partial charge in [-0.25, -0.2) is 0 Å². The molecule has 0 radical (unpaired) electrons. The lowest BCUT2D eigenvalue weighted by atomic mass is 9.93. The quantitative estimate of drug-likeness (QED) is 0.627. The fraction of sp³-hybridized carbons (Fsp3) is 0.625. The Bertz CT molecular complexity index is 680. The van der Waals surface area contributed by atoms with Gasteiger partial charge in [0.1, 0.15) is 11.9 Å². The third-order valence-corrected chi connectivity index (χ3v) is 6.04. The number of allylic oxidation sites excluding steroid dienone is 2. The molecular weight excluding hydrogens is 362 g/mol. The second-order valence-electron chi connectivity index (χ2n) is 8.83. The molecule has 0 spiro atoms. The van der Waals surface area contributed by atoms with Crippen molar-refractivity contribution in [2.45, 2.75) is 38.2 Å². The van der Waals surface area contributed by atoms with E-state index in [0.29, 0.717) is 12.1 Å². The van der Waals surface area contributed by atoms with Crippen LogP contribution < -0.4 is 4.74 Å². The molecule has 1 heterocycles. The van der Waals surface area contributed by atoms with Crippen molar-refractivity contribution in [1.82, 2.24) is 14.7 Å². The number of carbonyl (C=O) groups excluding carboxylic acids is 1. The van der Waals surface area contributed by atoms with E-state index in [0.717, 1.165) is 44.1 Å². The summed E-state index contributed by atoms with van der Waals surface area (Å²) in [6, 6.07) is 7.67. The predicted octanol–water partition coefficient (Wildman–Crippen LogP) is 3.52. The van der Waals surface area contributed by atoms with Gasteiger partial charge < -0.3 is 19.4 Å². The molecule has 1 aliphatic heterocycles. The lowest BCUT2D eigenvalue weighted by Gasteiger charge is -2.34. The summed E-state index contributed by atoms with van der Waals surface area (Å²) in [4.78, 5) is 19.1. The molecular formula is C24H37N3O2. The van der Waals surface area contributed by atoms with Crippen LogP contribution in [0, 0.1) is 5.92 Å². The first-order valence-electron chi connectivity index (χ1n) is 11.1. The van der Waals surface area contributed by atoms with Gasteiger partial charge in [0, 0.05) is 45.3 Å². The second-order valence-corrected chi connectivity index (χ2v) is 8.83. The molecule has 2 aliphatic rings. The van der Waals surface area contributed by atoms with E-state index in [4.69, 9.17) is 4.74 Å². The van der Waals surface area contributed by atoms with Gasteiger partial charge >= 0.3 is 0 Å². The summed E-state index contributed by atoms with van der Waals surface area (Å²) in [6.07, 6.45) is 10.8. The zero-order valence-electron chi connectivity index (χ0n) is 18.3. The molecule has 1 aliphatic carbocycles. The van der Waals surface area contributed by atoms with Crippen LogP contribution in [0.2, 0.25) is 0 Å². The molecule has 1 unspecified atom stereocenters. The molecule has 1 aromatic rings. The maximum atomic E-state index is 12.7. The van der Waals surface area contributed by atoms with Gasteiger partial charge in [0.05, 0.1) is 0 Å². The Balaban J connectivity index is 1.46. The van der Waals surface area contributed by atoms with Crippen LogP contribution in [-0.2, 0) is 0 Å². The molecule has 1 saturated heterocycles. The van der Waals surface area contributed by atoms with Crippen LogP contribution >= 0.6 is 0 Å². The SMILES string of the molecule is CN(C)CCN(C)C(=O)c1cccc(OC2CCN(CC3CC=CCC3)CC2)c1. The zero-order chi connectivity index (χ0) is 20.6. The van der Waals surface area contributed by atoms with Gasteiger partial charge in [0.2, 0.25) is 0 Å². The first kappa shape index (κ1) is 21.8. The Kier molecular flexibility index (Phi) is 8.13. The molecule has 29 heavy (non-hydrogen) atoms. The summed E-state index contributed by atoms with van der Waals surface area (Å²) in [6.45, 7) is 5.01. The van der Waals surface area contributed by atoms with Gasteiger partial charge in [-0.3, -0.25) is 4.79 Å². The van der Waals surface area contributed by atoms with Crippen molar-refractivity contribution < 1.29 is 9.53 Å². The van der Waals surface area contributed by atoms with Crippen LogP contribution in [0.1, 0.15) is 42.5 Å². The molecule has 0 saturated carbocycles. The standard InChI is InChI=1S/C24H37N3O2/c1-25(2)16-17-26(3)24(28)21-10-7-11-23(18-21)29-22-12-14-27(15-13-22)19-20-8-5-4-6-9-20/h4-5,7,10-11,18,20,22H,6,8-9,12-17,19H2,1-3H3. The second kappa shape index (κ2) is 10.8. The minimum atomic E-state index is 0.0497. The van der Waals surface area contributed by atoms with E-state index in [1.54, 1.807) is 4.90 Å². The zero-order valence-corrected chi connectivity index (χ0v) is 18.3. The molecule has 1 amide bonds. The van der Waals surface area contributed by atoms with Gasteiger partial charge in [-0.15, -0.1) is 0 Å². The van der Waals surface area contributed by atoms with E-state index in [2.05, 4.69) is 22.0 Å². The van der Waals surface area contributed by atoms with E-state index in [1.165, 1.54) is 25.8 Å². The van der Waals surface area contributed by atoms with Gasteiger partial charge in [-0.2, -0.15) is 0 Å². The van der Waals surface area contributed by atoms with Crippen LogP contribution in [0.15, 0.2) is 36.4 Å². The van der Waals surface area contributed by atoms with Crippen molar-refractivity contribution >= 4 is 5.91 Å². The summed E-state index contributed by atoms with van der Waals surface area (Å²) in [7, 11) is 5.89. The Hall–Kier alpha value is -1.85. The highest BCUT2D eigenvalue weighted by Crippen LogP contribution is 2.24. The van der Waals surface area contributed by atoms with Crippen molar-refractivity contribution in [3.63, 3.8) is 0 Å². The molecule has 1 aromatic carbocycles. The molecule has 1 atom stereocenters. The largest absolute Gasteiger partial charge is 0.490 e. The van der Waals surface area contributed by atoms with Crippen LogP contribution in [0.4, 0.5) is 0 Å². The number of carbonyl (C=O) groups is 1. The third kappa shape index (κ3) is 6.86. The van der Waals surface area contributed by atoms with Crippen molar-refractivity contribution in [3.8, 4) is 5.75 Å². The highest BCUT2D eigenvalue weighted by Gasteiger charge is 2.23. The summed E-state index contributed by atoms with van der Waals surface area (Å²) in [5, 5.41) is 0. The molecule has 0 bridgehead atoms. The number of rotatable bonds is 8. The molecule has 5 heteroatoms.